The minimum atomic E-state index is 0.521. The van der Waals surface area contributed by atoms with E-state index in [0.29, 0.717) is 5.84 Å². The number of nitrogens with zero attached hydrogens (tertiary/aromatic N) is 1. The fourth-order valence-electron chi connectivity index (χ4n) is 1.35. The highest BCUT2D eigenvalue weighted by atomic mass is 79.9. The Kier molecular flexibility index (Phi) is 3.37. The Hall–Kier alpha value is -1.61. The van der Waals surface area contributed by atoms with Crippen molar-refractivity contribution in [3.8, 4) is 0 Å². The van der Waals surface area contributed by atoms with E-state index in [-0.39, 0.29) is 0 Å². The highest BCUT2D eigenvalue weighted by Gasteiger charge is 1.98. The standard InChI is InChI=1S/C13H11BrN2/c14-11-6-4-5-10(9-11)13(15)16-12-7-2-1-3-8-12/h1-9H,(H2,15,16). The first kappa shape index (κ1) is 10.9. The smallest absolute Gasteiger partial charge is 0.131 e. The van der Waals surface area contributed by atoms with Gasteiger partial charge in [-0.2, -0.15) is 0 Å². The lowest BCUT2D eigenvalue weighted by Crippen LogP contribution is -2.12. The van der Waals surface area contributed by atoms with Crippen molar-refractivity contribution >= 4 is 27.5 Å². The number of halogens is 1. The molecule has 0 radical (unpaired) electrons. The molecular weight excluding hydrogens is 264 g/mol. The molecule has 2 aromatic carbocycles. The molecule has 0 saturated heterocycles. The third-order valence-corrected chi connectivity index (χ3v) is 2.62. The van der Waals surface area contributed by atoms with E-state index in [1.54, 1.807) is 0 Å². The molecule has 2 nitrogen and oxygen atoms in total. The molecule has 80 valence electrons. The predicted octanol–water partition coefficient (Wildman–Crippen LogP) is 3.49. The van der Waals surface area contributed by atoms with Crippen LogP contribution in [0.15, 0.2) is 64.1 Å². The van der Waals surface area contributed by atoms with Crippen molar-refractivity contribution < 1.29 is 0 Å². The van der Waals surface area contributed by atoms with Gasteiger partial charge in [0.1, 0.15) is 5.84 Å². The third-order valence-electron chi connectivity index (χ3n) is 2.13. The number of rotatable bonds is 2. The number of aliphatic imine (C=N–C) groups is 1. The first-order valence-corrected chi connectivity index (χ1v) is 5.70. The van der Waals surface area contributed by atoms with Gasteiger partial charge in [-0.3, -0.25) is 0 Å². The summed E-state index contributed by atoms with van der Waals surface area (Å²) < 4.78 is 0.996. The molecule has 16 heavy (non-hydrogen) atoms. The molecule has 2 N–H and O–H groups in total. The van der Waals surface area contributed by atoms with Gasteiger partial charge in [0.25, 0.3) is 0 Å². The van der Waals surface area contributed by atoms with Gasteiger partial charge in [0.15, 0.2) is 0 Å². The molecule has 0 heterocycles. The zero-order valence-electron chi connectivity index (χ0n) is 8.60. The van der Waals surface area contributed by atoms with Crippen LogP contribution in [0, 0.1) is 0 Å². The largest absolute Gasteiger partial charge is 0.383 e. The van der Waals surface area contributed by atoms with E-state index in [1.807, 2.05) is 54.6 Å². The van der Waals surface area contributed by atoms with Crippen molar-refractivity contribution in [3.63, 3.8) is 0 Å². The second-order valence-corrected chi connectivity index (χ2v) is 4.26. The molecule has 0 spiro atoms. The first-order valence-electron chi connectivity index (χ1n) is 4.91. The minimum absolute atomic E-state index is 0.521. The van der Waals surface area contributed by atoms with E-state index >= 15 is 0 Å². The monoisotopic (exact) mass is 274 g/mol. The summed E-state index contributed by atoms with van der Waals surface area (Å²) in [5, 5.41) is 0. The molecule has 3 heteroatoms. The summed E-state index contributed by atoms with van der Waals surface area (Å²) in [6.07, 6.45) is 0. The summed E-state index contributed by atoms with van der Waals surface area (Å²) in [5.74, 6) is 0.521. The van der Waals surface area contributed by atoms with Crippen molar-refractivity contribution in [2.45, 2.75) is 0 Å². The molecule has 0 saturated carbocycles. The molecule has 0 aliphatic heterocycles. The summed E-state index contributed by atoms with van der Waals surface area (Å²) in [6.45, 7) is 0. The molecule has 0 unspecified atom stereocenters. The van der Waals surface area contributed by atoms with Crippen LogP contribution < -0.4 is 5.73 Å². The SMILES string of the molecule is N/C(=N\c1ccccc1)c1cccc(Br)c1. The molecule has 0 aliphatic rings. The maximum Gasteiger partial charge on any atom is 0.131 e. The molecular formula is C13H11BrN2. The summed E-state index contributed by atoms with van der Waals surface area (Å²) in [5.41, 5.74) is 7.70. The molecule has 2 aromatic rings. The molecule has 2 rings (SSSR count). The fraction of sp³-hybridized carbons (Fsp3) is 0. The van der Waals surface area contributed by atoms with Crippen LogP contribution in [-0.4, -0.2) is 5.84 Å². The van der Waals surface area contributed by atoms with Crippen LogP contribution in [-0.2, 0) is 0 Å². The van der Waals surface area contributed by atoms with Crippen LogP contribution in [0.25, 0.3) is 0 Å². The molecule has 0 bridgehead atoms. The van der Waals surface area contributed by atoms with Gasteiger partial charge in [-0.15, -0.1) is 0 Å². The lowest BCUT2D eigenvalue weighted by atomic mass is 10.2. The van der Waals surface area contributed by atoms with Gasteiger partial charge in [-0.05, 0) is 24.3 Å². The Morgan fingerprint density at radius 2 is 1.75 bits per heavy atom. The lowest BCUT2D eigenvalue weighted by Gasteiger charge is -2.01. The quantitative estimate of drug-likeness (QED) is 0.661. The zero-order chi connectivity index (χ0) is 11.4. The van der Waals surface area contributed by atoms with Crippen LogP contribution in [0.5, 0.6) is 0 Å². The van der Waals surface area contributed by atoms with E-state index in [9.17, 15) is 0 Å². The summed E-state index contributed by atoms with van der Waals surface area (Å²) in [4.78, 5) is 4.34. The second kappa shape index (κ2) is 4.94. The van der Waals surface area contributed by atoms with Crippen molar-refractivity contribution in [1.82, 2.24) is 0 Å². The van der Waals surface area contributed by atoms with Gasteiger partial charge in [0.2, 0.25) is 0 Å². The number of para-hydroxylation sites is 1. The summed E-state index contributed by atoms with van der Waals surface area (Å²) >= 11 is 3.41. The highest BCUT2D eigenvalue weighted by molar-refractivity contribution is 9.10. The van der Waals surface area contributed by atoms with Crippen molar-refractivity contribution in [1.29, 1.82) is 0 Å². The summed E-state index contributed by atoms with van der Waals surface area (Å²) in [6, 6.07) is 17.4. The Balaban J connectivity index is 2.32. The topological polar surface area (TPSA) is 38.4 Å². The molecule has 0 atom stereocenters. The third kappa shape index (κ3) is 2.70. The van der Waals surface area contributed by atoms with Crippen LogP contribution in [0.4, 0.5) is 5.69 Å². The van der Waals surface area contributed by atoms with Crippen LogP contribution in [0.1, 0.15) is 5.56 Å². The maximum absolute atomic E-state index is 5.93. The average molecular weight is 275 g/mol. The number of nitrogens with two attached hydrogens (primary N) is 1. The molecule has 0 fully saturated rings. The van der Waals surface area contributed by atoms with E-state index in [1.165, 1.54) is 0 Å². The van der Waals surface area contributed by atoms with Gasteiger partial charge >= 0.3 is 0 Å². The molecule has 0 aromatic heterocycles. The predicted molar refractivity (Wildman–Crippen MR) is 71.0 cm³/mol. The van der Waals surface area contributed by atoms with Crippen molar-refractivity contribution in [2.24, 2.45) is 10.7 Å². The van der Waals surface area contributed by atoms with Crippen molar-refractivity contribution in [2.75, 3.05) is 0 Å². The van der Waals surface area contributed by atoms with E-state index in [0.717, 1.165) is 15.7 Å². The van der Waals surface area contributed by atoms with Crippen molar-refractivity contribution in [3.05, 3.63) is 64.6 Å². The normalized spacial score (nSPS) is 11.4. The fourth-order valence-corrected chi connectivity index (χ4v) is 1.75. The van der Waals surface area contributed by atoms with E-state index < -0.39 is 0 Å². The average Bonchev–Trinajstić information content (AvgIpc) is 2.30. The highest BCUT2D eigenvalue weighted by Crippen LogP contribution is 2.14. The Bertz CT molecular complexity index is 506. The number of amidine groups is 1. The molecule has 0 aliphatic carbocycles. The first-order chi connectivity index (χ1) is 7.75. The lowest BCUT2D eigenvalue weighted by molar-refractivity contribution is 1.45. The van der Waals surface area contributed by atoms with Crippen LogP contribution in [0.3, 0.4) is 0 Å². The molecule has 0 amide bonds. The zero-order valence-corrected chi connectivity index (χ0v) is 10.2. The van der Waals surface area contributed by atoms with Gasteiger partial charge in [0, 0.05) is 10.0 Å². The minimum Gasteiger partial charge on any atom is -0.383 e. The van der Waals surface area contributed by atoms with Gasteiger partial charge < -0.3 is 5.73 Å². The van der Waals surface area contributed by atoms with E-state index in [2.05, 4.69) is 20.9 Å². The Morgan fingerprint density at radius 3 is 2.44 bits per heavy atom. The summed E-state index contributed by atoms with van der Waals surface area (Å²) in [7, 11) is 0. The van der Waals surface area contributed by atoms with E-state index in [4.69, 9.17) is 5.73 Å². The second-order valence-electron chi connectivity index (χ2n) is 3.34. The maximum atomic E-state index is 5.93. The van der Waals surface area contributed by atoms with Crippen LogP contribution in [0.2, 0.25) is 0 Å². The number of hydrogen-bond donors (Lipinski definition) is 1. The number of benzene rings is 2. The van der Waals surface area contributed by atoms with Gasteiger partial charge in [-0.25, -0.2) is 4.99 Å². The number of hydrogen-bond acceptors (Lipinski definition) is 1. The van der Waals surface area contributed by atoms with Gasteiger partial charge in [-0.1, -0.05) is 46.3 Å². The Labute approximate surface area is 103 Å². The van der Waals surface area contributed by atoms with Gasteiger partial charge in [0.05, 0.1) is 5.69 Å². The Morgan fingerprint density at radius 1 is 1.00 bits per heavy atom. The van der Waals surface area contributed by atoms with Crippen LogP contribution >= 0.6 is 15.9 Å².